The van der Waals surface area contributed by atoms with Gasteiger partial charge in [0.05, 0.1) is 16.7 Å². The van der Waals surface area contributed by atoms with Crippen molar-refractivity contribution >= 4 is 23.5 Å². The molecule has 0 unspecified atom stereocenters. The van der Waals surface area contributed by atoms with Crippen LogP contribution in [-0.2, 0) is 11.4 Å². The van der Waals surface area contributed by atoms with Crippen molar-refractivity contribution in [1.82, 2.24) is 0 Å². The number of hydrogen-bond donors (Lipinski definition) is 0. The number of para-hydroxylation sites is 1. The third-order valence-corrected chi connectivity index (χ3v) is 2.95. The molecule has 0 aromatic heterocycles. The third-order valence-electron chi connectivity index (χ3n) is 2.58. The lowest BCUT2D eigenvalue weighted by molar-refractivity contribution is -0.385. The highest BCUT2D eigenvalue weighted by atomic mass is 35.5. The summed E-state index contributed by atoms with van der Waals surface area (Å²) >= 11 is 5.97. The van der Waals surface area contributed by atoms with Gasteiger partial charge in [0.25, 0.3) is 5.69 Å². The van der Waals surface area contributed by atoms with Gasteiger partial charge >= 0.3 is 0 Å². The Morgan fingerprint density at radius 3 is 2.65 bits per heavy atom. The van der Waals surface area contributed by atoms with Crippen molar-refractivity contribution in [2.45, 2.75) is 6.61 Å². The van der Waals surface area contributed by atoms with E-state index in [1.165, 1.54) is 12.3 Å². The number of hydrogen-bond acceptors (Lipinski definition) is 4. The fourth-order valence-corrected chi connectivity index (χ4v) is 1.77. The Morgan fingerprint density at radius 2 is 1.90 bits per heavy atom. The average molecular weight is 291 g/mol. The lowest BCUT2D eigenvalue weighted by Gasteiger charge is -2.01. The molecule has 0 radical (unpaired) electrons. The number of oxime groups is 1. The minimum Gasteiger partial charge on any atom is -0.391 e. The molecule has 0 aliphatic heterocycles. The molecule has 20 heavy (non-hydrogen) atoms. The molecular weight excluding hydrogens is 280 g/mol. The molecule has 0 N–H and O–H groups in total. The van der Waals surface area contributed by atoms with Crippen LogP contribution in [0.4, 0.5) is 5.69 Å². The Hall–Kier alpha value is -2.40. The Balaban J connectivity index is 2.01. The quantitative estimate of drug-likeness (QED) is 0.478. The van der Waals surface area contributed by atoms with E-state index < -0.39 is 4.92 Å². The predicted molar refractivity (Wildman–Crippen MR) is 76.9 cm³/mol. The minimum atomic E-state index is -0.463. The summed E-state index contributed by atoms with van der Waals surface area (Å²) in [6.45, 7) is 0.205. The number of benzene rings is 2. The first kappa shape index (κ1) is 14.0. The molecule has 6 heteroatoms. The van der Waals surface area contributed by atoms with E-state index in [1.54, 1.807) is 24.3 Å². The van der Waals surface area contributed by atoms with E-state index in [1.807, 2.05) is 18.2 Å². The molecule has 0 bridgehead atoms. The Morgan fingerprint density at radius 1 is 1.20 bits per heavy atom. The molecule has 0 saturated carbocycles. The number of nitro benzene ring substituents is 1. The lowest BCUT2D eigenvalue weighted by atomic mass is 10.2. The van der Waals surface area contributed by atoms with Crippen molar-refractivity contribution in [2.75, 3.05) is 0 Å². The first-order valence-electron chi connectivity index (χ1n) is 5.80. The van der Waals surface area contributed by atoms with E-state index in [0.717, 1.165) is 5.56 Å². The van der Waals surface area contributed by atoms with Crippen LogP contribution < -0.4 is 0 Å². The van der Waals surface area contributed by atoms with Gasteiger partial charge in [-0.1, -0.05) is 47.1 Å². The van der Waals surface area contributed by atoms with E-state index in [2.05, 4.69) is 5.16 Å². The summed E-state index contributed by atoms with van der Waals surface area (Å²) in [5.74, 6) is 0. The molecule has 0 heterocycles. The first-order valence-corrected chi connectivity index (χ1v) is 6.18. The first-order chi connectivity index (χ1) is 9.68. The van der Waals surface area contributed by atoms with Crippen LogP contribution in [0, 0.1) is 10.1 Å². The van der Waals surface area contributed by atoms with Gasteiger partial charge in [0.1, 0.15) is 6.61 Å². The van der Waals surface area contributed by atoms with Crippen LogP contribution in [0.3, 0.4) is 0 Å². The van der Waals surface area contributed by atoms with Crippen LogP contribution >= 0.6 is 11.6 Å². The molecule has 0 atom stereocenters. The van der Waals surface area contributed by atoms with Gasteiger partial charge in [-0.25, -0.2) is 0 Å². The van der Waals surface area contributed by atoms with Gasteiger partial charge in [-0.3, -0.25) is 10.1 Å². The second-order valence-corrected chi connectivity index (χ2v) is 4.32. The number of halogens is 1. The summed E-state index contributed by atoms with van der Waals surface area (Å²) in [6, 6.07) is 13.5. The van der Waals surface area contributed by atoms with Crippen LogP contribution in [-0.4, -0.2) is 11.1 Å². The molecular formula is C14H11ClN2O3. The molecule has 0 saturated heterocycles. The summed E-state index contributed by atoms with van der Waals surface area (Å²) < 4.78 is 0. The summed E-state index contributed by atoms with van der Waals surface area (Å²) in [7, 11) is 0. The van der Waals surface area contributed by atoms with Crippen LogP contribution in [0.15, 0.2) is 53.7 Å². The van der Waals surface area contributed by atoms with E-state index in [4.69, 9.17) is 16.4 Å². The van der Waals surface area contributed by atoms with Crippen LogP contribution in [0.5, 0.6) is 0 Å². The van der Waals surface area contributed by atoms with Crippen molar-refractivity contribution in [2.24, 2.45) is 5.16 Å². The van der Waals surface area contributed by atoms with Crippen LogP contribution in [0.1, 0.15) is 11.1 Å². The van der Waals surface area contributed by atoms with Crippen molar-refractivity contribution < 1.29 is 9.76 Å². The number of rotatable bonds is 5. The summed E-state index contributed by atoms with van der Waals surface area (Å²) in [6.07, 6.45) is 1.31. The normalized spacial score (nSPS) is 10.7. The molecule has 0 amide bonds. The molecule has 2 aromatic rings. The van der Waals surface area contributed by atoms with Gasteiger partial charge in [-0.2, -0.15) is 0 Å². The zero-order valence-corrected chi connectivity index (χ0v) is 11.2. The smallest absolute Gasteiger partial charge is 0.278 e. The van der Waals surface area contributed by atoms with Gasteiger partial charge in [0.2, 0.25) is 0 Å². The van der Waals surface area contributed by atoms with Crippen LogP contribution in [0.25, 0.3) is 0 Å². The summed E-state index contributed by atoms with van der Waals surface area (Å²) in [5.41, 5.74) is 1.17. The Labute approximate surface area is 120 Å². The zero-order chi connectivity index (χ0) is 14.4. The van der Waals surface area contributed by atoms with E-state index in [9.17, 15) is 10.1 Å². The largest absolute Gasteiger partial charge is 0.391 e. The Kier molecular flexibility index (Phi) is 4.68. The van der Waals surface area contributed by atoms with Gasteiger partial charge in [-0.15, -0.1) is 0 Å². The number of nitro groups is 1. The van der Waals surface area contributed by atoms with E-state index >= 15 is 0 Å². The highest BCUT2D eigenvalue weighted by molar-refractivity contribution is 6.31. The highest BCUT2D eigenvalue weighted by Gasteiger charge is 2.09. The van der Waals surface area contributed by atoms with Crippen LogP contribution in [0.2, 0.25) is 5.02 Å². The average Bonchev–Trinajstić information content (AvgIpc) is 2.45. The molecule has 0 spiro atoms. The zero-order valence-electron chi connectivity index (χ0n) is 10.4. The van der Waals surface area contributed by atoms with Gasteiger partial charge in [-0.05, 0) is 12.1 Å². The van der Waals surface area contributed by atoms with Crippen molar-refractivity contribution in [1.29, 1.82) is 0 Å². The minimum absolute atomic E-state index is 0.0161. The second-order valence-electron chi connectivity index (χ2n) is 3.92. The third kappa shape index (κ3) is 3.55. The van der Waals surface area contributed by atoms with Crippen molar-refractivity contribution in [3.05, 3.63) is 74.8 Å². The SMILES string of the molecule is O=[N+]([O-])c1ccccc1/C=N/OCc1ccccc1Cl. The summed E-state index contributed by atoms with van der Waals surface area (Å²) in [5, 5.41) is 15.1. The monoisotopic (exact) mass is 290 g/mol. The Bertz CT molecular complexity index is 644. The highest BCUT2D eigenvalue weighted by Crippen LogP contribution is 2.17. The van der Waals surface area contributed by atoms with E-state index in [-0.39, 0.29) is 12.3 Å². The van der Waals surface area contributed by atoms with E-state index in [0.29, 0.717) is 10.6 Å². The molecule has 5 nitrogen and oxygen atoms in total. The fourth-order valence-electron chi connectivity index (χ4n) is 1.58. The molecule has 102 valence electrons. The van der Waals surface area contributed by atoms with Gasteiger partial charge in [0.15, 0.2) is 0 Å². The molecule has 2 aromatic carbocycles. The molecule has 0 aliphatic rings. The van der Waals surface area contributed by atoms with Crippen molar-refractivity contribution in [3.8, 4) is 0 Å². The topological polar surface area (TPSA) is 64.7 Å². The predicted octanol–water partition coefficient (Wildman–Crippen LogP) is 3.80. The maximum Gasteiger partial charge on any atom is 0.278 e. The van der Waals surface area contributed by atoms with Gasteiger partial charge in [0, 0.05) is 16.7 Å². The maximum atomic E-state index is 10.8. The molecule has 0 aliphatic carbocycles. The maximum absolute atomic E-state index is 10.8. The lowest BCUT2D eigenvalue weighted by Crippen LogP contribution is -1.94. The number of nitrogens with zero attached hydrogens (tertiary/aromatic N) is 2. The standard InChI is InChI=1S/C14H11ClN2O3/c15-13-7-3-1-6-12(13)10-20-16-9-11-5-2-4-8-14(11)17(18)19/h1-9H,10H2/b16-9+. The van der Waals surface area contributed by atoms with Crippen molar-refractivity contribution in [3.63, 3.8) is 0 Å². The second kappa shape index (κ2) is 6.68. The molecule has 0 fully saturated rings. The van der Waals surface area contributed by atoms with Gasteiger partial charge < -0.3 is 4.84 Å². The molecule has 2 rings (SSSR count). The fraction of sp³-hybridized carbons (Fsp3) is 0.0714. The summed E-state index contributed by atoms with van der Waals surface area (Å²) in [4.78, 5) is 15.4.